The average Bonchev–Trinajstić information content (AvgIpc) is 3.38. The summed E-state index contributed by atoms with van der Waals surface area (Å²) in [6.07, 6.45) is 6.35. The van der Waals surface area contributed by atoms with E-state index in [9.17, 15) is 0 Å². The number of hydrogen-bond donors (Lipinski definition) is 2. The molecule has 1 aromatic heterocycles. The summed E-state index contributed by atoms with van der Waals surface area (Å²) in [6, 6.07) is 21.1. The normalized spacial score (nSPS) is 14.6. The van der Waals surface area contributed by atoms with Gasteiger partial charge in [-0.05, 0) is 30.5 Å². The molecular formula is C23H28IN5S. The molecule has 0 amide bonds. The van der Waals surface area contributed by atoms with Gasteiger partial charge in [0.05, 0.1) is 6.54 Å². The van der Waals surface area contributed by atoms with Gasteiger partial charge in [0, 0.05) is 42.2 Å². The molecule has 1 saturated carbocycles. The van der Waals surface area contributed by atoms with Gasteiger partial charge in [0.1, 0.15) is 5.82 Å². The van der Waals surface area contributed by atoms with Crippen molar-refractivity contribution in [2.75, 3.05) is 13.6 Å². The van der Waals surface area contributed by atoms with E-state index in [4.69, 9.17) is 0 Å². The second-order valence-electron chi connectivity index (χ2n) is 7.33. The highest BCUT2D eigenvalue weighted by Gasteiger charge is 2.43. The lowest BCUT2D eigenvalue weighted by Crippen LogP contribution is -2.41. The van der Waals surface area contributed by atoms with Crippen molar-refractivity contribution in [3.05, 3.63) is 84.4 Å². The first-order valence-electron chi connectivity index (χ1n) is 9.99. The summed E-state index contributed by atoms with van der Waals surface area (Å²) in [5, 5.41) is 6.91. The Hall–Kier alpha value is -2.00. The SMILES string of the molecule is CN=C(NCc1nccn1Cc1ccccc1)NCC1(Sc2ccccc2)CC1.I. The first-order chi connectivity index (χ1) is 14.3. The highest BCUT2D eigenvalue weighted by Crippen LogP contribution is 2.51. The zero-order valence-electron chi connectivity index (χ0n) is 17.1. The summed E-state index contributed by atoms with van der Waals surface area (Å²) >= 11 is 1.97. The van der Waals surface area contributed by atoms with Crippen molar-refractivity contribution < 1.29 is 0 Å². The third-order valence-corrected chi connectivity index (χ3v) is 6.59. The summed E-state index contributed by atoms with van der Waals surface area (Å²) in [4.78, 5) is 10.2. The van der Waals surface area contributed by atoms with E-state index in [0.717, 1.165) is 24.9 Å². The van der Waals surface area contributed by atoms with Gasteiger partial charge in [0.25, 0.3) is 0 Å². The number of benzene rings is 2. The molecule has 0 radical (unpaired) electrons. The van der Waals surface area contributed by atoms with Gasteiger partial charge < -0.3 is 15.2 Å². The zero-order chi connectivity index (χ0) is 19.9. The molecule has 1 heterocycles. The van der Waals surface area contributed by atoms with E-state index in [1.54, 1.807) is 0 Å². The van der Waals surface area contributed by atoms with Gasteiger partial charge in [-0.15, -0.1) is 35.7 Å². The molecule has 158 valence electrons. The highest BCUT2D eigenvalue weighted by molar-refractivity contribution is 14.0. The van der Waals surface area contributed by atoms with Crippen LogP contribution in [0.3, 0.4) is 0 Å². The molecule has 0 bridgehead atoms. The van der Waals surface area contributed by atoms with Crippen LogP contribution in [0.5, 0.6) is 0 Å². The van der Waals surface area contributed by atoms with Gasteiger partial charge in [0.15, 0.2) is 5.96 Å². The molecule has 3 aromatic rings. The van der Waals surface area contributed by atoms with Crippen LogP contribution < -0.4 is 10.6 Å². The van der Waals surface area contributed by atoms with Crippen molar-refractivity contribution in [2.45, 2.75) is 35.6 Å². The molecule has 0 atom stereocenters. The molecule has 5 nitrogen and oxygen atoms in total. The topological polar surface area (TPSA) is 54.2 Å². The number of rotatable bonds is 8. The van der Waals surface area contributed by atoms with Crippen LogP contribution in [0.2, 0.25) is 0 Å². The van der Waals surface area contributed by atoms with Crippen LogP contribution >= 0.6 is 35.7 Å². The van der Waals surface area contributed by atoms with Gasteiger partial charge in [0.2, 0.25) is 0 Å². The second-order valence-corrected chi connectivity index (χ2v) is 8.88. The third-order valence-electron chi connectivity index (χ3n) is 5.10. The van der Waals surface area contributed by atoms with E-state index in [1.165, 1.54) is 23.3 Å². The van der Waals surface area contributed by atoms with Crippen LogP contribution in [-0.2, 0) is 13.1 Å². The van der Waals surface area contributed by atoms with E-state index in [0.29, 0.717) is 6.54 Å². The lowest BCUT2D eigenvalue weighted by atomic mass is 10.2. The maximum atomic E-state index is 4.51. The minimum absolute atomic E-state index is 0. The van der Waals surface area contributed by atoms with Crippen molar-refractivity contribution in [2.24, 2.45) is 4.99 Å². The fourth-order valence-electron chi connectivity index (χ4n) is 3.25. The second kappa shape index (κ2) is 10.9. The zero-order valence-corrected chi connectivity index (χ0v) is 20.3. The Kier molecular flexibility index (Phi) is 8.21. The van der Waals surface area contributed by atoms with E-state index in [2.05, 4.69) is 79.8 Å². The molecule has 0 spiro atoms. The Balaban J connectivity index is 0.00000256. The van der Waals surface area contributed by atoms with Gasteiger partial charge >= 0.3 is 0 Å². The first-order valence-corrected chi connectivity index (χ1v) is 10.8. The largest absolute Gasteiger partial charge is 0.355 e. The van der Waals surface area contributed by atoms with Crippen molar-refractivity contribution in [1.82, 2.24) is 20.2 Å². The Morgan fingerprint density at radius 2 is 1.77 bits per heavy atom. The predicted octanol–water partition coefficient (Wildman–Crippen LogP) is 4.54. The highest BCUT2D eigenvalue weighted by atomic mass is 127. The summed E-state index contributed by atoms with van der Waals surface area (Å²) in [6.45, 7) is 2.36. The Bertz CT molecular complexity index is 938. The number of aliphatic imine (C=N–C) groups is 1. The van der Waals surface area contributed by atoms with E-state index < -0.39 is 0 Å². The number of halogens is 1. The van der Waals surface area contributed by atoms with Crippen LogP contribution in [0.1, 0.15) is 24.2 Å². The number of thioether (sulfide) groups is 1. The fourth-order valence-corrected chi connectivity index (χ4v) is 4.50. The molecule has 7 heteroatoms. The quantitative estimate of drug-likeness (QED) is 0.254. The minimum Gasteiger partial charge on any atom is -0.355 e. The van der Waals surface area contributed by atoms with Crippen molar-refractivity contribution in [3.8, 4) is 0 Å². The summed E-state index contributed by atoms with van der Waals surface area (Å²) in [7, 11) is 1.82. The van der Waals surface area contributed by atoms with Gasteiger partial charge in [-0.3, -0.25) is 4.99 Å². The van der Waals surface area contributed by atoms with Gasteiger partial charge in [-0.25, -0.2) is 4.98 Å². The average molecular weight is 533 g/mol. The fraction of sp³-hybridized carbons (Fsp3) is 0.304. The van der Waals surface area contributed by atoms with Crippen molar-refractivity contribution in [1.29, 1.82) is 0 Å². The standard InChI is InChI=1S/C23H27N5S.HI/c1-24-22(27-18-23(12-13-23)29-20-10-6-3-7-11-20)26-16-21-25-14-15-28(21)17-19-8-4-2-5-9-19;/h2-11,14-15H,12-13,16-18H2,1H3,(H2,24,26,27);1H. The van der Waals surface area contributed by atoms with E-state index in [-0.39, 0.29) is 28.7 Å². The van der Waals surface area contributed by atoms with Crippen molar-refractivity contribution in [3.63, 3.8) is 0 Å². The summed E-state index contributed by atoms with van der Waals surface area (Å²) in [5.41, 5.74) is 1.27. The number of nitrogens with one attached hydrogen (secondary N) is 2. The molecule has 2 N–H and O–H groups in total. The lowest BCUT2D eigenvalue weighted by molar-refractivity contribution is 0.684. The first kappa shape index (κ1) is 22.7. The minimum atomic E-state index is 0. The monoisotopic (exact) mass is 533 g/mol. The molecule has 1 fully saturated rings. The molecule has 1 aliphatic carbocycles. The van der Waals surface area contributed by atoms with Crippen LogP contribution in [0.15, 0.2) is 82.9 Å². The molecule has 0 aliphatic heterocycles. The van der Waals surface area contributed by atoms with Gasteiger partial charge in [-0.1, -0.05) is 48.5 Å². The summed E-state index contributed by atoms with van der Waals surface area (Å²) < 4.78 is 2.45. The number of imidazole rings is 1. The Labute approximate surface area is 199 Å². The van der Waals surface area contributed by atoms with Gasteiger partial charge in [-0.2, -0.15) is 0 Å². The molecule has 1 aliphatic rings. The maximum absolute atomic E-state index is 4.51. The predicted molar refractivity (Wildman–Crippen MR) is 136 cm³/mol. The molecular weight excluding hydrogens is 505 g/mol. The van der Waals surface area contributed by atoms with Crippen LogP contribution in [0, 0.1) is 0 Å². The van der Waals surface area contributed by atoms with E-state index >= 15 is 0 Å². The third kappa shape index (κ3) is 6.25. The van der Waals surface area contributed by atoms with Crippen molar-refractivity contribution >= 4 is 41.7 Å². The number of aromatic nitrogens is 2. The smallest absolute Gasteiger partial charge is 0.191 e. The molecule has 30 heavy (non-hydrogen) atoms. The molecule has 0 saturated heterocycles. The lowest BCUT2D eigenvalue weighted by Gasteiger charge is -2.18. The maximum Gasteiger partial charge on any atom is 0.191 e. The molecule has 0 unspecified atom stereocenters. The Morgan fingerprint density at radius 3 is 2.43 bits per heavy atom. The number of nitrogens with zero attached hydrogens (tertiary/aromatic N) is 3. The van der Waals surface area contributed by atoms with Crippen LogP contribution in [-0.4, -0.2) is 33.9 Å². The van der Waals surface area contributed by atoms with Crippen LogP contribution in [0.4, 0.5) is 0 Å². The molecule has 4 rings (SSSR count). The van der Waals surface area contributed by atoms with Crippen LogP contribution in [0.25, 0.3) is 0 Å². The molecule has 2 aromatic carbocycles. The number of guanidine groups is 1. The number of hydrogen-bond acceptors (Lipinski definition) is 3. The van der Waals surface area contributed by atoms with E-state index in [1.807, 2.05) is 37.3 Å². The summed E-state index contributed by atoms with van der Waals surface area (Å²) in [5.74, 6) is 1.82. The Morgan fingerprint density at radius 1 is 1.07 bits per heavy atom.